The number of benzene rings is 2. The van der Waals surface area contributed by atoms with E-state index in [9.17, 15) is 4.79 Å². The molecule has 120 valence electrons. The molecule has 0 amide bonds. The van der Waals surface area contributed by atoms with Crippen molar-refractivity contribution in [2.45, 2.75) is 13.2 Å². The molecule has 2 aromatic heterocycles. The maximum atomic E-state index is 12.6. The first-order chi connectivity index (χ1) is 11.7. The lowest BCUT2D eigenvalue weighted by Crippen LogP contribution is -2.30. The number of para-hydroxylation sites is 1. The van der Waals surface area contributed by atoms with Crippen molar-refractivity contribution in [3.63, 3.8) is 0 Å². The van der Waals surface area contributed by atoms with E-state index in [0.29, 0.717) is 12.3 Å². The molecule has 0 aliphatic carbocycles. The smallest absolute Gasteiger partial charge is 0.283 e. The van der Waals surface area contributed by atoms with Crippen LogP contribution in [0.4, 0.5) is 0 Å². The van der Waals surface area contributed by atoms with Gasteiger partial charge in [-0.25, -0.2) is 14.2 Å². The van der Waals surface area contributed by atoms with E-state index in [1.807, 2.05) is 49.5 Å². The molecule has 0 radical (unpaired) electrons. The number of nitrogens with zero attached hydrogens (tertiary/aromatic N) is 5. The third-order valence-electron chi connectivity index (χ3n) is 4.00. The Bertz CT molecular complexity index is 1050. The van der Waals surface area contributed by atoms with Gasteiger partial charge in [0.1, 0.15) is 6.33 Å². The Morgan fingerprint density at radius 1 is 1.04 bits per heavy atom. The molecule has 0 N–H and O–H groups in total. The fraction of sp³-hybridized carbons (Fsp3) is 0.167. The summed E-state index contributed by atoms with van der Waals surface area (Å²) in [4.78, 5) is 18.9. The van der Waals surface area contributed by atoms with Crippen LogP contribution in [0, 0.1) is 0 Å². The fourth-order valence-corrected chi connectivity index (χ4v) is 2.87. The van der Waals surface area contributed by atoms with E-state index < -0.39 is 0 Å². The van der Waals surface area contributed by atoms with E-state index in [1.54, 1.807) is 6.33 Å². The standard InChI is InChI=1S/C18H17N5O/c1-21(11-14-7-3-2-4-8-14)13-23-18(24)22-12-19-16-10-6-5-9-15(16)17(22)20-23/h2-10,12H,11,13H2,1H3. The van der Waals surface area contributed by atoms with Gasteiger partial charge < -0.3 is 0 Å². The normalized spacial score (nSPS) is 11.6. The zero-order valence-electron chi connectivity index (χ0n) is 13.3. The molecule has 0 aliphatic heterocycles. The topological polar surface area (TPSA) is 55.4 Å². The first-order valence-corrected chi connectivity index (χ1v) is 7.78. The van der Waals surface area contributed by atoms with Crippen molar-refractivity contribution in [2.75, 3.05) is 7.05 Å². The summed E-state index contributed by atoms with van der Waals surface area (Å²) in [7, 11) is 1.97. The molecule has 0 saturated heterocycles. The van der Waals surface area contributed by atoms with Crippen LogP contribution in [0.1, 0.15) is 5.56 Å². The van der Waals surface area contributed by atoms with Gasteiger partial charge >= 0.3 is 5.69 Å². The summed E-state index contributed by atoms with van der Waals surface area (Å²) in [6.07, 6.45) is 1.54. The Hall–Kier alpha value is -2.99. The molecule has 0 aliphatic rings. The van der Waals surface area contributed by atoms with Gasteiger partial charge in [0.2, 0.25) is 0 Å². The van der Waals surface area contributed by atoms with Gasteiger partial charge in [-0.3, -0.25) is 4.90 Å². The second-order valence-corrected chi connectivity index (χ2v) is 5.88. The van der Waals surface area contributed by atoms with Crippen LogP contribution in [-0.2, 0) is 13.2 Å². The third kappa shape index (κ3) is 2.57. The minimum Gasteiger partial charge on any atom is -0.283 e. The van der Waals surface area contributed by atoms with Gasteiger partial charge in [-0.15, -0.1) is 5.10 Å². The summed E-state index contributed by atoms with van der Waals surface area (Å²) < 4.78 is 2.98. The molecule has 0 spiro atoms. The summed E-state index contributed by atoms with van der Waals surface area (Å²) in [6.45, 7) is 1.17. The number of fused-ring (bicyclic) bond motifs is 3. The largest absolute Gasteiger partial charge is 0.352 e. The molecule has 6 heteroatoms. The molecular weight excluding hydrogens is 302 g/mol. The average molecular weight is 319 g/mol. The molecule has 0 unspecified atom stereocenters. The zero-order chi connectivity index (χ0) is 16.5. The SMILES string of the molecule is CN(Cc1ccccc1)Cn1nc2c3ccccc3ncn2c1=O. The third-order valence-corrected chi connectivity index (χ3v) is 4.00. The Balaban J connectivity index is 1.68. The molecule has 2 heterocycles. The molecule has 4 aromatic rings. The van der Waals surface area contributed by atoms with Crippen molar-refractivity contribution < 1.29 is 0 Å². The van der Waals surface area contributed by atoms with E-state index in [4.69, 9.17) is 0 Å². The molecule has 2 aromatic carbocycles. The monoisotopic (exact) mass is 319 g/mol. The van der Waals surface area contributed by atoms with Crippen molar-refractivity contribution >= 4 is 16.6 Å². The van der Waals surface area contributed by atoms with Crippen LogP contribution in [-0.4, -0.2) is 31.1 Å². The van der Waals surface area contributed by atoms with Crippen LogP contribution in [0.2, 0.25) is 0 Å². The highest BCUT2D eigenvalue weighted by Crippen LogP contribution is 2.14. The van der Waals surface area contributed by atoms with Crippen LogP contribution < -0.4 is 5.69 Å². The van der Waals surface area contributed by atoms with Gasteiger partial charge in [-0.05, 0) is 24.7 Å². The lowest BCUT2D eigenvalue weighted by atomic mass is 10.2. The summed E-state index contributed by atoms with van der Waals surface area (Å²) in [6, 6.07) is 17.9. The minimum atomic E-state index is -0.178. The maximum Gasteiger partial charge on any atom is 0.352 e. The van der Waals surface area contributed by atoms with Crippen LogP contribution in [0.3, 0.4) is 0 Å². The predicted molar refractivity (Wildman–Crippen MR) is 92.7 cm³/mol. The molecule has 0 atom stereocenters. The Morgan fingerprint density at radius 2 is 1.79 bits per heavy atom. The zero-order valence-corrected chi connectivity index (χ0v) is 13.3. The highest BCUT2D eigenvalue weighted by atomic mass is 16.2. The second-order valence-electron chi connectivity index (χ2n) is 5.88. The average Bonchev–Trinajstić information content (AvgIpc) is 2.92. The predicted octanol–water partition coefficient (Wildman–Crippen LogP) is 2.13. The van der Waals surface area contributed by atoms with Gasteiger partial charge in [0.25, 0.3) is 0 Å². The lowest BCUT2D eigenvalue weighted by Gasteiger charge is -2.15. The highest BCUT2D eigenvalue weighted by Gasteiger charge is 2.12. The minimum absolute atomic E-state index is 0.178. The van der Waals surface area contributed by atoms with Gasteiger partial charge in [0, 0.05) is 11.9 Å². The van der Waals surface area contributed by atoms with Crippen molar-refractivity contribution in [1.82, 2.24) is 24.1 Å². The van der Waals surface area contributed by atoms with Crippen molar-refractivity contribution in [3.8, 4) is 0 Å². The van der Waals surface area contributed by atoms with Crippen LogP contribution >= 0.6 is 0 Å². The fourth-order valence-electron chi connectivity index (χ4n) is 2.87. The molecule has 0 saturated carbocycles. The van der Waals surface area contributed by atoms with E-state index >= 15 is 0 Å². The molecule has 24 heavy (non-hydrogen) atoms. The summed E-state index contributed by atoms with van der Waals surface area (Å²) in [5.41, 5.74) is 2.49. The first kappa shape index (κ1) is 14.6. The molecule has 0 fully saturated rings. The Morgan fingerprint density at radius 3 is 2.62 bits per heavy atom. The second kappa shape index (κ2) is 5.90. The van der Waals surface area contributed by atoms with Crippen molar-refractivity contribution in [3.05, 3.63) is 77.0 Å². The summed E-state index contributed by atoms with van der Waals surface area (Å²) >= 11 is 0. The van der Waals surface area contributed by atoms with E-state index in [2.05, 4.69) is 27.1 Å². The number of hydrogen-bond donors (Lipinski definition) is 0. The molecule has 0 bridgehead atoms. The molecule has 4 rings (SSSR count). The van der Waals surface area contributed by atoms with Crippen molar-refractivity contribution in [2.24, 2.45) is 0 Å². The van der Waals surface area contributed by atoms with Crippen LogP contribution in [0.5, 0.6) is 0 Å². The molecule has 6 nitrogen and oxygen atoms in total. The van der Waals surface area contributed by atoms with Gasteiger partial charge in [-0.1, -0.05) is 42.5 Å². The van der Waals surface area contributed by atoms with E-state index in [1.165, 1.54) is 14.6 Å². The van der Waals surface area contributed by atoms with E-state index in [-0.39, 0.29) is 5.69 Å². The van der Waals surface area contributed by atoms with Gasteiger partial charge in [0.15, 0.2) is 5.65 Å². The Kier molecular flexibility index (Phi) is 3.59. The first-order valence-electron chi connectivity index (χ1n) is 7.78. The Labute approximate surface area is 138 Å². The van der Waals surface area contributed by atoms with Gasteiger partial charge in [0.05, 0.1) is 12.2 Å². The van der Waals surface area contributed by atoms with Crippen molar-refractivity contribution in [1.29, 1.82) is 0 Å². The number of hydrogen-bond acceptors (Lipinski definition) is 4. The number of aromatic nitrogens is 4. The quantitative estimate of drug-likeness (QED) is 0.578. The molecular formula is C18H17N5O. The summed E-state index contributed by atoms with van der Waals surface area (Å²) in [5, 5.41) is 5.38. The van der Waals surface area contributed by atoms with E-state index in [0.717, 1.165) is 17.4 Å². The lowest BCUT2D eigenvalue weighted by molar-refractivity contribution is 0.242. The summed E-state index contributed by atoms with van der Waals surface area (Å²) in [5.74, 6) is 0. The van der Waals surface area contributed by atoms with Gasteiger partial charge in [-0.2, -0.15) is 4.68 Å². The highest BCUT2D eigenvalue weighted by molar-refractivity contribution is 5.90. The van der Waals surface area contributed by atoms with Crippen LogP contribution in [0.15, 0.2) is 65.7 Å². The number of rotatable bonds is 4. The van der Waals surface area contributed by atoms with Crippen LogP contribution in [0.25, 0.3) is 16.6 Å². The maximum absolute atomic E-state index is 12.6.